The second kappa shape index (κ2) is 7.67. The van der Waals surface area contributed by atoms with Crippen molar-refractivity contribution in [2.45, 2.75) is 44.4 Å². The first-order valence-electron chi connectivity index (χ1n) is 9.09. The van der Waals surface area contributed by atoms with Gasteiger partial charge in [0, 0.05) is 16.7 Å². The lowest BCUT2D eigenvalue weighted by molar-refractivity contribution is 0.0989. The average Bonchev–Trinajstić information content (AvgIpc) is 3.02. The van der Waals surface area contributed by atoms with Gasteiger partial charge in [0.2, 0.25) is 0 Å². The van der Waals surface area contributed by atoms with Gasteiger partial charge in [-0.2, -0.15) is 0 Å². The first-order valence-corrected chi connectivity index (χ1v) is 11.2. The van der Waals surface area contributed by atoms with Crippen molar-refractivity contribution in [3.05, 3.63) is 70.8 Å². The van der Waals surface area contributed by atoms with E-state index in [-0.39, 0.29) is 5.91 Å². The highest BCUT2D eigenvalue weighted by molar-refractivity contribution is 14.2. The second-order valence-electron chi connectivity index (χ2n) is 6.84. The van der Waals surface area contributed by atoms with E-state index in [1.807, 2.05) is 24.3 Å². The second-order valence-corrected chi connectivity index (χ2v) is 8.46. The molecular weight excluding hydrogens is 421 g/mol. The van der Waals surface area contributed by atoms with Gasteiger partial charge in [-0.25, -0.2) is 0 Å². The summed E-state index contributed by atoms with van der Waals surface area (Å²) >= 11 is -0.578. The van der Waals surface area contributed by atoms with E-state index in [2.05, 4.69) is 31.5 Å². The van der Waals surface area contributed by atoms with Gasteiger partial charge >= 0.3 is 0 Å². The quantitative estimate of drug-likeness (QED) is 0.366. The van der Waals surface area contributed by atoms with E-state index >= 15 is 0 Å². The summed E-state index contributed by atoms with van der Waals surface area (Å²) in [6, 6.07) is 16.9. The van der Waals surface area contributed by atoms with E-state index in [0.29, 0.717) is 5.92 Å². The van der Waals surface area contributed by atoms with Crippen molar-refractivity contribution in [2.24, 2.45) is 0 Å². The highest BCUT2D eigenvalue weighted by Crippen LogP contribution is 2.33. The van der Waals surface area contributed by atoms with Crippen LogP contribution < -0.4 is 3.53 Å². The van der Waals surface area contributed by atoms with Crippen LogP contribution in [-0.2, 0) is 0 Å². The van der Waals surface area contributed by atoms with Crippen molar-refractivity contribution < 1.29 is 4.79 Å². The van der Waals surface area contributed by atoms with Crippen LogP contribution in [0.4, 0.5) is 0 Å². The number of rotatable bonds is 2. The molecule has 1 amide bonds. The molecule has 0 saturated heterocycles. The van der Waals surface area contributed by atoms with Crippen LogP contribution in [0.3, 0.4) is 0 Å². The lowest BCUT2D eigenvalue weighted by Gasteiger charge is -2.15. The van der Waals surface area contributed by atoms with Crippen molar-refractivity contribution in [3.63, 3.8) is 0 Å². The zero-order chi connectivity index (χ0) is 17.1. The predicted molar refractivity (Wildman–Crippen MR) is 112 cm³/mol. The molecule has 0 aromatic heterocycles. The molecule has 2 nitrogen and oxygen atoms in total. The lowest BCUT2D eigenvalue weighted by Crippen LogP contribution is -2.13. The predicted octanol–water partition coefficient (Wildman–Crippen LogP) is 5.59. The summed E-state index contributed by atoms with van der Waals surface area (Å²) < 4.78 is 6.50. The van der Waals surface area contributed by atoms with Crippen LogP contribution in [-0.4, -0.2) is 9.57 Å². The molecule has 2 aliphatic rings. The third-order valence-corrected chi connectivity index (χ3v) is 6.81. The Labute approximate surface area is 159 Å². The first-order chi connectivity index (χ1) is 12.3. The van der Waals surface area contributed by atoms with Crippen LogP contribution in [0.25, 0.3) is 5.57 Å². The Morgan fingerprint density at radius 1 is 0.880 bits per heavy atom. The summed E-state index contributed by atoms with van der Waals surface area (Å²) in [5.74, 6) is 0.743. The van der Waals surface area contributed by atoms with Gasteiger partial charge in [0.1, 0.15) is 0 Å². The molecule has 1 aliphatic heterocycles. The molecule has 0 spiro atoms. The zero-order valence-electron chi connectivity index (χ0n) is 14.2. The Balaban J connectivity index is 1.67. The maximum Gasteiger partial charge on any atom is 0.260 e. The molecule has 1 heterocycles. The summed E-state index contributed by atoms with van der Waals surface area (Å²) in [5.41, 5.74) is 5.47. The molecule has 3 heteroatoms. The average molecular weight is 443 g/mol. The minimum Gasteiger partial charge on any atom is -0.294 e. The number of carbonyl (C=O) groups is 1. The van der Waals surface area contributed by atoms with Crippen LogP contribution in [0.1, 0.15) is 71.5 Å². The Morgan fingerprint density at radius 3 is 2.28 bits per heavy atom. The van der Waals surface area contributed by atoms with Gasteiger partial charge in [0.15, 0.2) is 0 Å². The normalized spacial score (nSPS) is 18.2. The van der Waals surface area contributed by atoms with Crippen LogP contribution in [0.2, 0.25) is 0 Å². The zero-order valence-corrected chi connectivity index (χ0v) is 16.4. The molecule has 128 valence electrons. The molecule has 1 N–H and O–H groups in total. The van der Waals surface area contributed by atoms with Crippen molar-refractivity contribution in [3.8, 4) is 0 Å². The number of fused-ring (bicyclic) bond motifs is 1. The van der Waals surface area contributed by atoms with Crippen molar-refractivity contribution in [1.29, 1.82) is 0 Å². The van der Waals surface area contributed by atoms with E-state index in [9.17, 15) is 4.79 Å². The van der Waals surface area contributed by atoms with Crippen LogP contribution in [0.15, 0.2) is 48.5 Å². The van der Waals surface area contributed by atoms with E-state index in [1.54, 1.807) is 0 Å². The number of hydrogen-bond donors (Lipinski definition) is 1. The maximum absolute atomic E-state index is 12.2. The molecule has 4 rings (SSSR count). The van der Waals surface area contributed by atoms with E-state index in [4.69, 9.17) is 0 Å². The third kappa shape index (κ3) is 3.63. The highest BCUT2D eigenvalue weighted by atomic mass is 127. The Hall–Kier alpha value is -1.71. The highest BCUT2D eigenvalue weighted by Gasteiger charge is 2.18. The fraction of sp³-hybridized carbons (Fsp3) is 0.318. The van der Waals surface area contributed by atoms with E-state index < -0.39 is 21.0 Å². The molecular formula is C22H22INO. The Bertz CT molecular complexity index is 839. The molecule has 0 atom stereocenters. The molecule has 2 aromatic rings. The minimum atomic E-state index is -0.578. The maximum atomic E-state index is 12.2. The van der Waals surface area contributed by atoms with E-state index in [0.717, 1.165) is 16.7 Å². The van der Waals surface area contributed by atoms with Gasteiger partial charge in [-0.1, -0.05) is 71.8 Å². The largest absolute Gasteiger partial charge is 0.294 e. The smallest absolute Gasteiger partial charge is 0.260 e. The molecule has 0 radical (unpaired) electrons. The van der Waals surface area contributed by atoms with Crippen LogP contribution in [0, 0.1) is 0 Å². The Morgan fingerprint density at radius 2 is 1.56 bits per heavy atom. The fourth-order valence-corrected chi connectivity index (χ4v) is 5.40. The third-order valence-electron chi connectivity index (χ3n) is 5.24. The van der Waals surface area contributed by atoms with Crippen LogP contribution >= 0.6 is 21.0 Å². The fourth-order valence-electron chi connectivity index (χ4n) is 3.86. The summed E-state index contributed by atoms with van der Waals surface area (Å²) in [7, 11) is 0. The van der Waals surface area contributed by atoms with Gasteiger partial charge in [0.05, 0.1) is 21.0 Å². The molecule has 1 saturated carbocycles. The van der Waals surface area contributed by atoms with Gasteiger partial charge in [0.25, 0.3) is 5.91 Å². The molecule has 0 unspecified atom stereocenters. The monoisotopic (exact) mass is 443 g/mol. The number of halogens is 1. The standard InChI is InChI=1S/C22H22INO/c25-22-20-10-6-5-9-19(20)21(15-23-24-22)18-13-11-17(12-14-18)16-7-3-1-2-4-8-16/h5-6,9-14,16H,1-4,7-8H2,(H,24,25). The van der Waals surface area contributed by atoms with Crippen molar-refractivity contribution in [2.75, 3.05) is 0 Å². The number of amides is 1. The van der Waals surface area contributed by atoms with Crippen molar-refractivity contribution in [1.82, 2.24) is 3.53 Å². The van der Waals surface area contributed by atoms with Gasteiger partial charge in [-0.15, -0.1) is 0 Å². The lowest BCUT2D eigenvalue weighted by atomic mass is 9.89. The van der Waals surface area contributed by atoms with Crippen molar-refractivity contribution >= 4 is 36.2 Å². The molecule has 1 fully saturated rings. The molecule has 25 heavy (non-hydrogen) atoms. The number of nitrogens with one attached hydrogen (secondary N) is 1. The molecule has 0 bridgehead atoms. The SMILES string of the molecule is O=C1NI=C=C(c2ccc(C3CCCCCC3)cc2)c2ccccc21. The van der Waals surface area contributed by atoms with E-state index in [1.165, 1.54) is 49.7 Å². The summed E-state index contributed by atoms with van der Waals surface area (Å²) in [6.45, 7) is 0. The minimum absolute atomic E-state index is 0.0287. The number of benzene rings is 2. The van der Waals surface area contributed by atoms with Gasteiger partial charge in [-0.3, -0.25) is 8.32 Å². The number of hydrogen-bond acceptors (Lipinski definition) is 1. The van der Waals surface area contributed by atoms with Crippen LogP contribution in [0.5, 0.6) is 0 Å². The molecule has 1 aliphatic carbocycles. The summed E-state index contributed by atoms with van der Waals surface area (Å²) in [4.78, 5) is 12.2. The van der Waals surface area contributed by atoms with Gasteiger partial charge in [-0.05, 0) is 36.0 Å². The summed E-state index contributed by atoms with van der Waals surface area (Å²) in [5, 5.41) is 0. The number of carbonyl (C=O) groups excluding carboxylic acids is 1. The van der Waals surface area contributed by atoms with Gasteiger partial charge < -0.3 is 0 Å². The topological polar surface area (TPSA) is 29.1 Å². The first kappa shape index (κ1) is 16.7. The Kier molecular flexibility index (Phi) is 5.14. The summed E-state index contributed by atoms with van der Waals surface area (Å²) in [6.07, 6.45) is 8.13. The molecule has 2 aromatic carbocycles.